The Bertz CT molecular complexity index is 1390. The number of nitrogens with zero attached hydrogens (tertiary/aromatic N) is 4. The summed E-state index contributed by atoms with van der Waals surface area (Å²) < 4.78 is 62.3. The van der Waals surface area contributed by atoms with Gasteiger partial charge in [0.15, 0.2) is 11.0 Å². The number of anilines is 1. The molecule has 3 aromatic heterocycles. The highest BCUT2D eigenvalue weighted by atomic mass is 35.5. The van der Waals surface area contributed by atoms with Crippen molar-refractivity contribution in [1.29, 1.82) is 0 Å². The molecule has 11 heteroatoms. The normalized spacial score (nSPS) is 12.8. The van der Waals surface area contributed by atoms with E-state index in [9.17, 15) is 13.2 Å². The highest BCUT2D eigenvalue weighted by Crippen LogP contribution is 2.43. The topological polar surface area (TPSA) is 78.3 Å². The first-order valence-electron chi connectivity index (χ1n) is 10.8. The van der Waals surface area contributed by atoms with Crippen molar-refractivity contribution in [1.82, 2.24) is 19.4 Å². The molecule has 0 amide bonds. The fraction of sp³-hybridized carbons (Fsp3) is 0.292. The quantitative estimate of drug-likeness (QED) is 0.304. The molecule has 4 rings (SSSR count). The number of nitrogens with two attached hydrogens (primary N) is 1. The highest BCUT2D eigenvalue weighted by Gasteiger charge is 2.33. The second kappa shape index (κ2) is 9.33. The zero-order valence-electron chi connectivity index (χ0n) is 19.1. The molecule has 0 fully saturated rings. The summed E-state index contributed by atoms with van der Waals surface area (Å²) in [5.41, 5.74) is 6.43. The average molecular weight is 508 g/mol. The Labute approximate surface area is 203 Å². The van der Waals surface area contributed by atoms with Crippen molar-refractivity contribution in [2.45, 2.75) is 39.3 Å². The van der Waals surface area contributed by atoms with E-state index >= 15 is 4.39 Å². The molecule has 0 aliphatic heterocycles. The highest BCUT2D eigenvalue weighted by molar-refractivity contribution is 6.33. The van der Waals surface area contributed by atoms with Gasteiger partial charge in [0, 0.05) is 35.6 Å². The summed E-state index contributed by atoms with van der Waals surface area (Å²) in [5.74, 6) is -0.128. The van der Waals surface area contributed by atoms with E-state index in [1.54, 1.807) is 23.6 Å². The van der Waals surface area contributed by atoms with Gasteiger partial charge in [-0.05, 0) is 31.0 Å². The summed E-state index contributed by atoms with van der Waals surface area (Å²) in [5, 5.41) is 0.166. The van der Waals surface area contributed by atoms with E-state index in [4.69, 9.17) is 22.1 Å². The molecule has 1 unspecified atom stereocenters. The van der Waals surface area contributed by atoms with Crippen LogP contribution in [0, 0.1) is 12.7 Å². The van der Waals surface area contributed by atoms with Gasteiger partial charge in [0.05, 0.1) is 12.2 Å². The Morgan fingerprint density at radius 1 is 1.23 bits per heavy atom. The summed E-state index contributed by atoms with van der Waals surface area (Å²) in [7, 11) is 0. The zero-order valence-corrected chi connectivity index (χ0v) is 19.9. The Hall–Kier alpha value is -3.40. The lowest BCUT2D eigenvalue weighted by atomic mass is 9.91. The maximum atomic E-state index is 15.5. The molecule has 4 aromatic rings. The summed E-state index contributed by atoms with van der Waals surface area (Å²) in [4.78, 5) is 12.0. The van der Waals surface area contributed by atoms with Crippen LogP contribution in [0.3, 0.4) is 0 Å². The number of halogens is 5. The zero-order chi connectivity index (χ0) is 25.5. The van der Waals surface area contributed by atoms with Gasteiger partial charge in [-0.3, -0.25) is 9.38 Å². The van der Waals surface area contributed by atoms with Crippen LogP contribution < -0.4 is 10.5 Å². The molecular weight excluding hydrogens is 486 g/mol. The van der Waals surface area contributed by atoms with Crippen LogP contribution in [-0.4, -0.2) is 26.0 Å². The van der Waals surface area contributed by atoms with Gasteiger partial charge in [-0.1, -0.05) is 31.5 Å². The van der Waals surface area contributed by atoms with Gasteiger partial charge in [-0.2, -0.15) is 13.2 Å². The fourth-order valence-corrected chi connectivity index (χ4v) is 4.21. The predicted molar refractivity (Wildman–Crippen MR) is 125 cm³/mol. The molecule has 6 nitrogen and oxygen atoms in total. The number of benzene rings is 1. The minimum Gasteiger partial charge on any atom is -0.493 e. The van der Waals surface area contributed by atoms with Crippen molar-refractivity contribution < 1.29 is 22.3 Å². The first kappa shape index (κ1) is 24.7. The number of pyridine rings is 1. The predicted octanol–water partition coefficient (Wildman–Crippen LogP) is 6.43. The minimum atomic E-state index is -4.61. The smallest absolute Gasteiger partial charge is 0.433 e. The van der Waals surface area contributed by atoms with E-state index in [1.165, 1.54) is 12.3 Å². The average Bonchev–Trinajstić information content (AvgIpc) is 3.16. The molecule has 3 heterocycles. The molecule has 2 N–H and O–H groups in total. The van der Waals surface area contributed by atoms with Crippen LogP contribution in [0.1, 0.15) is 48.8 Å². The molecule has 35 heavy (non-hydrogen) atoms. The summed E-state index contributed by atoms with van der Waals surface area (Å²) >= 11 is 6.33. The molecule has 0 bridgehead atoms. The van der Waals surface area contributed by atoms with Gasteiger partial charge in [-0.25, -0.2) is 14.4 Å². The van der Waals surface area contributed by atoms with Crippen molar-refractivity contribution >= 4 is 22.9 Å². The number of aryl methyl sites for hydroxylation is 1. The number of rotatable bonds is 6. The third-order valence-corrected chi connectivity index (χ3v) is 5.91. The van der Waals surface area contributed by atoms with Crippen molar-refractivity contribution in [3.8, 4) is 16.9 Å². The molecule has 1 aromatic carbocycles. The van der Waals surface area contributed by atoms with Crippen molar-refractivity contribution in [2.24, 2.45) is 0 Å². The molecule has 1 atom stereocenters. The SMILES string of the molecule is CCCOc1c(C(C)c2nc(Cl)c3c(N)nccn23)cc(C)c(F)c1-c1ccc(C(F)(F)F)nc1. The van der Waals surface area contributed by atoms with E-state index < -0.39 is 23.6 Å². The number of ether oxygens (including phenoxy) is 1. The van der Waals surface area contributed by atoms with Gasteiger partial charge in [-0.15, -0.1) is 0 Å². The summed E-state index contributed by atoms with van der Waals surface area (Å²) in [6.45, 7) is 5.59. The minimum absolute atomic E-state index is 0.0367. The lowest BCUT2D eigenvalue weighted by Crippen LogP contribution is -2.10. The van der Waals surface area contributed by atoms with Crippen LogP contribution in [0.25, 0.3) is 16.6 Å². The monoisotopic (exact) mass is 507 g/mol. The van der Waals surface area contributed by atoms with Crippen molar-refractivity contribution in [3.63, 3.8) is 0 Å². The molecule has 0 radical (unpaired) electrons. The van der Waals surface area contributed by atoms with Crippen LogP contribution >= 0.6 is 11.6 Å². The van der Waals surface area contributed by atoms with Crippen LogP contribution in [0.15, 0.2) is 36.8 Å². The molecular formula is C24H22ClF4N5O. The van der Waals surface area contributed by atoms with E-state index in [1.807, 2.05) is 13.8 Å². The number of alkyl halides is 3. The Kier molecular flexibility index (Phi) is 6.59. The van der Waals surface area contributed by atoms with Gasteiger partial charge >= 0.3 is 6.18 Å². The maximum Gasteiger partial charge on any atom is 0.433 e. The lowest BCUT2D eigenvalue weighted by molar-refractivity contribution is -0.141. The maximum absolute atomic E-state index is 15.5. The van der Waals surface area contributed by atoms with Gasteiger partial charge in [0.25, 0.3) is 0 Å². The number of imidazole rings is 1. The number of hydrogen-bond donors (Lipinski definition) is 1. The summed E-state index contributed by atoms with van der Waals surface area (Å²) in [6.07, 6.45) is 0.208. The largest absolute Gasteiger partial charge is 0.493 e. The van der Waals surface area contributed by atoms with Crippen molar-refractivity contribution in [2.75, 3.05) is 12.3 Å². The lowest BCUT2D eigenvalue weighted by Gasteiger charge is -2.22. The number of aromatic nitrogens is 4. The van der Waals surface area contributed by atoms with Crippen LogP contribution in [0.5, 0.6) is 5.75 Å². The number of hydrogen-bond acceptors (Lipinski definition) is 5. The number of nitrogen functional groups attached to an aromatic ring is 1. The van der Waals surface area contributed by atoms with E-state index in [0.29, 0.717) is 28.9 Å². The summed E-state index contributed by atoms with van der Waals surface area (Å²) in [6, 6.07) is 3.65. The first-order chi connectivity index (χ1) is 16.5. The second-order valence-corrected chi connectivity index (χ2v) is 8.45. The van der Waals surface area contributed by atoms with E-state index in [0.717, 1.165) is 12.3 Å². The second-order valence-electron chi connectivity index (χ2n) is 8.09. The van der Waals surface area contributed by atoms with Crippen molar-refractivity contribution in [3.05, 3.63) is 70.4 Å². The molecule has 0 spiro atoms. The van der Waals surface area contributed by atoms with Gasteiger partial charge < -0.3 is 10.5 Å². The molecule has 0 aliphatic carbocycles. The third kappa shape index (κ3) is 4.50. The molecule has 0 saturated heterocycles. The Morgan fingerprint density at radius 3 is 2.60 bits per heavy atom. The van der Waals surface area contributed by atoms with Gasteiger partial charge in [0.2, 0.25) is 0 Å². The number of fused-ring (bicyclic) bond motifs is 1. The Morgan fingerprint density at radius 2 is 1.97 bits per heavy atom. The molecule has 0 saturated carbocycles. The van der Waals surface area contributed by atoms with Crippen LogP contribution in [0.4, 0.5) is 23.4 Å². The van der Waals surface area contributed by atoms with Crippen LogP contribution in [0.2, 0.25) is 5.15 Å². The van der Waals surface area contributed by atoms with Crippen LogP contribution in [-0.2, 0) is 6.18 Å². The fourth-order valence-electron chi connectivity index (χ4n) is 3.94. The standard InChI is InChI=1S/C24H22ClF4N5O/c1-4-9-35-20-15(13(3)23-33-21(25)19-22(30)31-7-8-34(19)23)10-12(2)18(26)17(20)14-5-6-16(32-11-14)24(27,28)29/h5-8,10-11,13H,4,9H2,1-3H3,(H2,30,31). The van der Waals surface area contributed by atoms with E-state index in [2.05, 4.69) is 15.0 Å². The van der Waals surface area contributed by atoms with E-state index in [-0.39, 0.29) is 34.5 Å². The first-order valence-corrected chi connectivity index (χ1v) is 11.2. The third-order valence-electron chi connectivity index (χ3n) is 5.64. The Balaban J connectivity index is 1.93. The van der Waals surface area contributed by atoms with Gasteiger partial charge in [0.1, 0.15) is 28.6 Å². The molecule has 0 aliphatic rings. The molecule has 184 valence electrons.